The van der Waals surface area contributed by atoms with E-state index in [1.807, 2.05) is 0 Å². The lowest BCUT2D eigenvalue weighted by molar-refractivity contribution is -0.0568. The summed E-state index contributed by atoms with van der Waals surface area (Å²) in [4.78, 5) is 0. The van der Waals surface area contributed by atoms with Gasteiger partial charge in [-0.15, -0.1) is 0 Å². The second-order valence-electron chi connectivity index (χ2n) is 4.71. The molecule has 1 heterocycles. The highest BCUT2D eigenvalue weighted by molar-refractivity contribution is 5.84. The maximum absolute atomic E-state index is 6.22. The zero-order valence-corrected chi connectivity index (χ0v) is 9.36. The second-order valence-corrected chi connectivity index (χ2v) is 4.71. The van der Waals surface area contributed by atoms with Gasteiger partial charge in [0.15, 0.2) is 0 Å². The fraction of sp³-hybridized carbons (Fsp3) is 0.286. The Balaban J connectivity index is 2.12. The molecular formula is C14H15NO. The number of aryl methyl sites for hydroxylation is 1. The Morgan fingerprint density at radius 2 is 1.75 bits per heavy atom. The molecule has 0 aromatic heterocycles. The predicted octanol–water partition coefficient (Wildman–Crippen LogP) is 2.33. The fourth-order valence-corrected chi connectivity index (χ4v) is 2.16. The molecule has 1 saturated heterocycles. The van der Waals surface area contributed by atoms with Crippen LogP contribution in [0, 0.1) is 6.92 Å². The van der Waals surface area contributed by atoms with Crippen molar-refractivity contribution in [1.29, 1.82) is 0 Å². The van der Waals surface area contributed by atoms with Crippen LogP contribution >= 0.6 is 0 Å². The third kappa shape index (κ3) is 1.42. The van der Waals surface area contributed by atoms with Gasteiger partial charge in [-0.3, -0.25) is 0 Å². The summed E-state index contributed by atoms with van der Waals surface area (Å²) in [6, 6.07) is 12.9. The minimum atomic E-state index is -0.265. The topological polar surface area (TPSA) is 35.2 Å². The van der Waals surface area contributed by atoms with Gasteiger partial charge < -0.3 is 10.5 Å². The van der Waals surface area contributed by atoms with Crippen LogP contribution in [-0.4, -0.2) is 13.2 Å². The summed E-state index contributed by atoms with van der Waals surface area (Å²) >= 11 is 0. The summed E-state index contributed by atoms with van der Waals surface area (Å²) in [6.07, 6.45) is 0. The number of ether oxygens (including phenoxy) is 1. The highest BCUT2D eigenvalue weighted by Crippen LogP contribution is 2.29. The van der Waals surface area contributed by atoms with Gasteiger partial charge in [-0.2, -0.15) is 0 Å². The van der Waals surface area contributed by atoms with E-state index in [1.165, 1.54) is 21.9 Å². The molecule has 0 unspecified atom stereocenters. The third-order valence-electron chi connectivity index (χ3n) is 3.29. The average Bonchev–Trinajstić information content (AvgIpc) is 2.25. The molecule has 82 valence electrons. The van der Waals surface area contributed by atoms with Crippen molar-refractivity contribution in [3.05, 3.63) is 47.5 Å². The van der Waals surface area contributed by atoms with Gasteiger partial charge in [0.2, 0.25) is 0 Å². The number of fused-ring (bicyclic) bond motifs is 1. The molecule has 0 radical (unpaired) electrons. The Kier molecular flexibility index (Phi) is 2.03. The minimum absolute atomic E-state index is 0.265. The Labute approximate surface area is 95.0 Å². The van der Waals surface area contributed by atoms with E-state index in [0.717, 1.165) is 0 Å². The van der Waals surface area contributed by atoms with Crippen LogP contribution in [0.5, 0.6) is 0 Å². The van der Waals surface area contributed by atoms with E-state index in [2.05, 4.69) is 43.3 Å². The van der Waals surface area contributed by atoms with Crippen molar-refractivity contribution in [3.8, 4) is 0 Å². The maximum Gasteiger partial charge on any atom is 0.0884 e. The fourth-order valence-electron chi connectivity index (χ4n) is 2.16. The van der Waals surface area contributed by atoms with Crippen molar-refractivity contribution in [2.75, 3.05) is 13.2 Å². The van der Waals surface area contributed by atoms with Gasteiger partial charge in [0, 0.05) is 0 Å². The monoisotopic (exact) mass is 213 g/mol. The van der Waals surface area contributed by atoms with Crippen molar-refractivity contribution < 1.29 is 4.74 Å². The first-order valence-corrected chi connectivity index (χ1v) is 5.55. The van der Waals surface area contributed by atoms with Crippen LogP contribution in [0.2, 0.25) is 0 Å². The summed E-state index contributed by atoms with van der Waals surface area (Å²) in [5.74, 6) is 0. The largest absolute Gasteiger partial charge is 0.377 e. The summed E-state index contributed by atoms with van der Waals surface area (Å²) < 4.78 is 5.20. The highest BCUT2D eigenvalue weighted by Gasteiger charge is 2.35. The molecule has 0 amide bonds. The van der Waals surface area contributed by atoms with Crippen LogP contribution in [0.3, 0.4) is 0 Å². The van der Waals surface area contributed by atoms with E-state index in [9.17, 15) is 0 Å². The van der Waals surface area contributed by atoms with Crippen LogP contribution in [0.4, 0.5) is 0 Å². The first kappa shape index (κ1) is 9.82. The van der Waals surface area contributed by atoms with Gasteiger partial charge in [-0.05, 0) is 29.3 Å². The molecule has 3 rings (SSSR count). The second kappa shape index (κ2) is 3.30. The van der Waals surface area contributed by atoms with Crippen molar-refractivity contribution in [2.24, 2.45) is 5.73 Å². The maximum atomic E-state index is 6.22. The van der Waals surface area contributed by atoms with E-state index >= 15 is 0 Å². The predicted molar refractivity (Wildman–Crippen MR) is 65.4 cm³/mol. The van der Waals surface area contributed by atoms with Gasteiger partial charge in [0.05, 0.1) is 18.8 Å². The van der Waals surface area contributed by atoms with Crippen LogP contribution in [0.15, 0.2) is 36.4 Å². The van der Waals surface area contributed by atoms with Crippen molar-refractivity contribution in [2.45, 2.75) is 12.5 Å². The number of nitrogens with two attached hydrogens (primary N) is 1. The third-order valence-corrected chi connectivity index (χ3v) is 3.29. The molecule has 2 heteroatoms. The van der Waals surface area contributed by atoms with Gasteiger partial charge >= 0.3 is 0 Å². The quantitative estimate of drug-likeness (QED) is 0.789. The van der Waals surface area contributed by atoms with Crippen molar-refractivity contribution in [3.63, 3.8) is 0 Å². The first-order chi connectivity index (χ1) is 7.67. The van der Waals surface area contributed by atoms with Gasteiger partial charge in [0.25, 0.3) is 0 Å². The molecule has 2 aromatic carbocycles. The lowest BCUT2D eigenvalue weighted by atomic mass is 9.88. The Morgan fingerprint density at radius 3 is 2.44 bits per heavy atom. The van der Waals surface area contributed by atoms with Gasteiger partial charge in [-0.1, -0.05) is 35.9 Å². The normalized spacial score (nSPS) is 18.4. The molecule has 0 spiro atoms. The summed E-state index contributed by atoms with van der Waals surface area (Å²) in [5, 5.41) is 2.52. The smallest absolute Gasteiger partial charge is 0.0884 e. The van der Waals surface area contributed by atoms with Crippen LogP contribution < -0.4 is 5.73 Å². The molecule has 2 nitrogen and oxygen atoms in total. The number of hydrogen-bond donors (Lipinski definition) is 1. The molecule has 1 aliphatic rings. The number of hydrogen-bond acceptors (Lipinski definition) is 2. The van der Waals surface area contributed by atoms with Crippen molar-refractivity contribution >= 4 is 10.8 Å². The zero-order chi connectivity index (χ0) is 11.2. The lowest BCUT2D eigenvalue weighted by Gasteiger charge is -2.38. The van der Waals surface area contributed by atoms with Crippen LogP contribution in [0.1, 0.15) is 11.1 Å². The molecule has 2 N–H and O–H groups in total. The summed E-state index contributed by atoms with van der Waals surface area (Å²) in [6.45, 7) is 3.37. The van der Waals surface area contributed by atoms with Crippen molar-refractivity contribution in [1.82, 2.24) is 0 Å². The summed E-state index contributed by atoms with van der Waals surface area (Å²) in [5.41, 5.74) is 8.42. The lowest BCUT2D eigenvalue weighted by Crippen LogP contribution is -2.54. The van der Waals surface area contributed by atoms with Crippen LogP contribution in [0.25, 0.3) is 10.8 Å². The first-order valence-electron chi connectivity index (χ1n) is 5.55. The number of benzene rings is 2. The van der Waals surface area contributed by atoms with E-state index in [1.54, 1.807) is 0 Å². The SMILES string of the molecule is Cc1ccc2cc(C3(N)COC3)ccc2c1. The van der Waals surface area contributed by atoms with Gasteiger partial charge in [-0.25, -0.2) is 0 Å². The zero-order valence-electron chi connectivity index (χ0n) is 9.36. The molecule has 0 aliphatic carbocycles. The number of rotatable bonds is 1. The Bertz CT molecular complexity index is 543. The van der Waals surface area contributed by atoms with Gasteiger partial charge in [0.1, 0.15) is 0 Å². The standard InChI is InChI=1S/C14H15NO/c1-10-2-3-12-7-13(5-4-11(12)6-10)14(15)8-16-9-14/h2-7H,8-9,15H2,1H3. The van der Waals surface area contributed by atoms with E-state index in [-0.39, 0.29) is 5.54 Å². The Hall–Kier alpha value is -1.38. The summed E-state index contributed by atoms with van der Waals surface area (Å²) in [7, 11) is 0. The molecule has 2 aromatic rings. The molecule has 16 heavy (non-hydrogen) atoms. The Morgan fingerprint density at radius 1 is 1.06 bits per heavy atom. The molecule has 0 atom stereocenters. The molecule has 1 fully saturated rings. The molecule has 0 bridgehead atoms. The van der Waals surface area contributed by atoms with E-state index in [0.29, 0.717) is 13.2 Å². The highest BCUT2D eigenvalue weighted by atomic mass is 16.5. The molecule has 0 saturated carbocycles. The average molecular weight is 213 g/mol. The minimum Gasteiger partial charge on any atom is -0.377 e. The molecular weight excluding hydrogens is 198 g/mol. The van der Waals surface area contributed by atoms with E-state index in [4.69, 9.17) is 10.5 Å². The van der Waals surface area contributed by atoms with Crippen LogP contribution in [-0.2, 0) is 10.3 Å². The van der Waals surface area contributed by atoms with E-state index < -0.39 is 0 Å². The molecule has 1 aliphatic heterocycles.